The van der Waals surface area contributed by atoms with Crippen LogP contribution in [0.2, 0.25) is 0 Å². The molecule has 2 aromatic rings. The highest BCUT2D eigenvalue weighted by atomic mass is 32.1. The molecule has 2 N–H and O–H groups in total. The van der Waals surface area contributed by atoms with Crippen molar-refractivity contribution in [1.29, 1.82) is 0 Å². The van der Waals surface area contributed by atoms with E-state index in [-0.39, 0.29) is 12.7 Å². The van der Waals surface area contributed by atoms with Crippen molar-refractivity contribution in [1.82, 2.24) is 4.90 Å². The van der Waals surface area contributed by atoms with Crippen LogP contribution in [0.15, 0.2) is 35.7 Å². The van der Waals surface area contributed by atoms with Crippen LogP contribution in [0.3, 0.4) is 0 Å². The minimum absolute atomic E-state index is 0.00173. The first kappa shape index (κ1) is 18.4. The molecule has 3 rings (SSSR count). The van der Waals surface area contributed by atoms with E-state index < -0.39 is 0 Å². The number of rotatable bonds is 7. The van der Waals surface area contributed by atoms with Crippen LogP contribution in [0.5, 0.6) is 5.75 Å². The van der Waals surface area contributed by atoms with Crippen LogP contribution < -0.4 is 4.74 Å². The molecule has 1 aromatic heterocycles. The number of hydrogen-bond donors (Lipinski definition) is 2. The molecule has 1 aliphatic rings. The minimum atomic E-state index is -0.325. The number of benzene rings is 1. The number of thiophene rings is 1. The summed E-state index contributed by atoms with van der Waals surface area (Å²) in [5.41, 5.74) is 2.05. The Bertz CT molecular complexity index is 651. The van der Waals surface area contributed by atoms with Crippen LogP contribution in [0.25, 0.3) is 0 Å². The van der Waals surface area contributed by atoms with Gasteiger partial charge in [-0.3, -0.25) is 4.90 Å². The number of piperidine rings is 1. The van der Waals surface area contributed by atoms with Crippen LogP contribution in [-0.2, 0) is 13.2 Å². The zero-order valence-corrected chi connectivity index (χ0v) is 15.5. The highest BCUT2D eigenvalue weighted by Gasteiger charge is 2.26. The summed E-state index contributed by atoms with van der Waals surface area (Å²) in [5, 5.41) is 22.1. The second kappa shape index (κ2) is 8.81. The lowest BCUT2D eigenvalue weighted by Gasteiger charge is -2.34. The molecule has 0 spiro atoms. The van der Waals surface area contributed by atoms with Gasteiger partial charge in [-0.15, -0.1) is 11.3 Å². The van der Waals surface area contributed by atoms with Crippen molar-refractivity contribution in [2.75, 3.05) is 19.7 Å². The maximum atomic E-state index is 10.5. The zero-order chi connectivity index (χ0) is 17.6. The fraction of sp³-hybridized carbons (Fsp3) is 0.500. The normalized spacial score (nSPS) is 17.6. The lowest BCUT2D eigenvalue weighted by Crippen LogP contribution is -2.35. The van der Waals surface area contributed by atoms with Crippen molar-refractivity contribution in [2.45, 2.75) is 39.0 Å². The second-order valence-corrected chi connectivity index (χ2v) is 7.59. The number of aliphatic hydroxyl groups is 2. The van der Waals surface area contributed by atoms with Gasteiger partial charge in [0.1, 0.15) is 5.75 Å². The van der Waals surface area contributed by atoms with E-state index >= 15 is 0 Å². The number of likely N-dealkylation sites (tertiary alicyclic amines) is 1. The highest BCUT2D eigenvalue weighted by Crippen LogP contribution is 2.33. The summed E-state index contributed by atoms with van der Waals surface area (Å²) >= 11 is 1.64. The molecule has 1 saturated heterocycles. The highest BCUT2D eigenvalue weighted by molar-refractivity contribution is 7.10. The third kappa shape index (κ3) is 4.61. The van der Waals surface area contributed by atoms with Crippen molar-refractivity contribution < 1.29 is 14.9 Å². The molecule has 2 heterocycles. The average molecular weight is 362 g/mol. The first-order chi connectivity index (χ1) is 12.2. The Morgan fingerprint density at radius 3 is 2.72 bits per heavy atom. The van der Waals surface area contributed by atoms with Crippen LogP contribution in [0.1, 0.15) is 41.9 Å². The molecule has 0 bridgehead atoms. The monoisotopic (exact) mass is 361 g/mol. The van der Waals surface area contributed by atoms with Gasteiger partial charge < -0.3 is 14.9 Å². The fourth-order valence-corrected chi connectivity index (χ4v) is 4.33. The zero-order valence-electron chi connectivity index (χ0n) is 14.7. The lowest BCUT2D eigenvalue weighted by molar-refractivity contribution is 0.0590. The van der Waals surface area contributed by atoms with E-state index in [0.717, 1.165) is 48.7 Å². The van der Waals surface area contributed by atoms with E-state index in [1.54, 1.807) is 11.3 Å². The third-order valence-electron chi connectivity index (χ3n) is 4.91. The van der Waals surface area contributed by atoms with E-state index in [2.05, 4.69) is 11.0 Å². The summed E-state index contributed by atoms with van der Waals surface area (Å²) < 4.78 is 5.55. The molecule has 0 radical (unpaired) electrons. The summed E-state index contributed by atoms with van der Waals surface area (Å²) in [7, 11) is 0. The van der Waals surface area contributed by atoms with Gasteiger partial charge in [0.15, 0.2) is 0 Å². The second-order valence-electron chi connectivity index (χ2n) is 6.61. The first-order valence-electron chi connectivity index (χ1n) is 9.00. The summed E-state index contributed by atoms with van der Waals surface area (Å²) in [6, 6.07) is 10.1. The van der Waals surface area contributed by atoms with Gasteiger partial charge in [0.05, 0.1) is 19.3 Å². The number of hydrogen-bond acceptors (Lipinski definition) is 5. The fourth-order valence-electron chi connectivity index (χ4n) is 3.53. The SMILES string of the molecule is CCOc1ccc(CN2CCC(C(O)c3cccs3)CC2)cc1CO. The predicted molar refractivity (Wildman–Crippen MR) is 101 cm³/mol. The Hall–Kier alpha value is -1.40. The van der Waals surface area contributed by atoms with Gasteiger partial charge in [0, 0.05) is 17.0 Å². The molecule has 1 atom stereocenters. The molecule has 5 heteroatoms. The van der Waals surface area contributed by atoms with Gasteiger partial charge >= 0.3 is 0 Å². The lowest BCUT2D eigenvalue weighted by atomic mass is 9.90. The first-order valence-corrected chi connectivity index (χ1v) is 9.88. The molecule has 0 amide bonds. The van der Waals surface area contributed by atoms with Gasteiger partial charge in [-0.2, -0.15) is 0 Å². The molecular formula is C20H27NO3S. The maximum absolute atomic E-state index is 10.5. The Balaban J connectivity index is 1.55. The van der Waals surface area contributed by atoms with Crippen molar-refractivity contribution in [3.63, 3.8) is 0 Å². The topological polar surface area (TPSA) is 52.9 Å². The Labute approximate surface area is 153 Å². The Morgan fingerprint density at radius 1 is 1.28 bits per heavy atom. The standard InChI is InChI=1S/C20H27NO3S/c1-2-24-18-6-5-15(12-17(18)14-22)13-21-9-7-16(8-10-21)20(23)19-4-3-11-25-19/h3-6,11-12,16,20,22-23H,2,7-10,13-14H2,1H3. The largest absolute Gasteiger partial charge is 0.494 e. The quantitative estimate of drug-likeness (QED) is 0.791. The van der Waals surface area contributed by atoms with Crippen LogP contribution in [0, 0.1) is 5.92 Å². The molecule has 136 valence electrons. The minimum Gasteiger partial charge on any atom is -0.494 e. The van der Waals surface area contributed by atoms with E-state index in [4.69, 9.17) is 4.74 Å². The predicted octanol–water partition coefficient (Wildman–Crippen LogP) is 3.58. The Kier molecular flexibility index (Phi) is 6.48. The molecule has 1 fully saturated rings. The van der Waals surface area contributed by atoms with Crippen LogP contribution >= 0.6 is 11.3 Å². The van der Waals surface area contributed by atoms with E-state index in [1.165, 1.54) is 5.56 Å². The third-order valence-corrected chi connectivity index (χ3v) is 5.86. The van der Waals surface area contributed by atoms with E-state index in [9.17, 15) is 10.2 Å². The average Bonchev–Trinajstić information content (AvgIpc) is 3.18. The number of ether oxygens (including phenoxy) is 1. The van der Waals surface area contributed by atoms with Crippen molar-refractivity contribution in [2.24, 2.45) is 5.92 Å². The van der Waals surface area contributed by atoms with Crippen molar-refractivity contribution >= 4 is 11.3 Å². The molecule has 4 nitrogen and oxygen atoms in total. The molecule has 25 heavy (non-hydrogen) atoms. The maximum Gasteiger partial charge on any atom is 0.124 e. The molecular weight excluding hydrogens is 334 g/mol. The molecule has 1 aliphatic heterocycles. The summed E-state index contributed by atoms with van der Waals surface area (Å²) in [4.78, 5) is 3.51. The van der Waals surface area contributed by atoms with Crippen LogP contribution in [-0.4, -0.2) is 34.8 Å². The number of nitrogens with zero attached hydrogens (tertiary/aromatic N) is 1. The van der Waals surface area contributed by atoms with Gasteiger partial charge in [-0.1, -0.05) is 12.1 Å². The van der Waals surface area contributed by atoms with Gasteiger partial charge in [0.2, 0.25) is 0 Å². The number of aliphatic hydroxyl groups excluding tert-OH is 2. The molecule has 1 aromatic carbocycles. The van der Waals surface area contributed by atoms with Crippen molar-refractivity contribution in [3.8, 4) is 5.75 Å². The van der Waals surface area contributed by atoms with E-state index in [0.29, 0.717) is 12.5 Å². The Morgan fingerprint density at radius 2 is 2.08 bits per heavy atom. The van der Waals surface area contributed by atoms with Gasteiger partial charge in [0.25, 0.3) is 0 Å². The summed E-state index contributed by atoms with van der Waals surface area (Å²) in [6.45, 7) is 5.42. The summed E-state index contributed by atoms with van der Waals surface area (Å²) in [5.74, 6) is 1.12. The van der Waals surface area contributed by atoms with Crippen LogP contribution in [0.4, 0.5) is 0 Å². The summed E-state index contributed by atoms with van der Waals surface area (Å²) in [6.07, 6.45) is 1.71. The molecule has 0 saturated carbocycles. The molecule has 1 unspecified atom stereocenters. The van der Waals surface area contributed by atoms with Crippen molar-refractivity contribution in [3.05, 3.63) is 51.7 Å². The van der Waals surface area contributed by atoms with Gasteiger partial charge in [-0.05, 0) is 67.9 Å². The van der Waals surface area contributed by atoms with Gasteiger partial charge in [-0.25, -0.2) is 0 Å². The smallest absolute Gasteiger partial charge is 0.124 e. The van der Waals surface area contributed by atoms with E-state index in [1.807, 2.05) is 36.6 Å². The molecule has 0 aliphatic carbocycles.